The molecule has 3 N–H and O–H groups in total. The molecule has 1 aliphatic rings. The number of urea groups is 1. The number of carbonyl (C=O) groups excluding carboxylic acids is 1. The molecule has 1 heterocycles. The third kappa shape index (κ3) is 5.35. The van der Waals surface area contributed by atoms with Gasteiger partial charge >= 0.3 is 12.0 Å². The highest BCUT2D eigenvalue weighted by Crippen LogP contribution is 2.08. The van der Waals surface area contributed by atoms with Gasteiger partial charge in [-0.15, -0.1) is 0 Å². The van der Waals surface area contributed by atoms with Crippen molar-refractivity contribution in [2.75, 3.05) is 20.1 Å². The van der Waals surface area contributed by atoms with Crippen LogP contribution in [-0.4, -0.2) is 54.2 Å². The molecule has 0 radical (unpaired) electrons. The molecule has 0 aromatic rings. The van der Waals surface area contributed by atoms with Gasteiger partial charge in [-0.05, 0) is 39.4 Å². The predicted molar refractivity (Wildman–Crippen MR) is 68.5 cm³/mol. The normalized spacial score (nSPS) is 19.2. The van der Waals surface area contributed by atoms with Crippen LogP contribution in [0.3, 0.4) is 0 Å². The third-order valence-electron chi connectivity index (χ3n) is 3.30. The number of piperidine rings is 1. The molecule has 1 rings (SSSR count). The molecule has 1 saturated heterocycles. The van der Waals surface area contributed by atoms with Crippen molar-refractivity contribution in [1.82, 2.24) is 15.5 Å². The van der Waals surface area contributed by atoms with E-state index in [2.05, 4.69) is 22.6 Å². The van der Waals surface area contributed by atoms with Gasteiger partial charge in [-0.3, -0.25) is 4.79 Å². The zero-order chi connectivity index (χ0) is 13.5. The van der Waals surface area contributed by atoms with Crippen molar-refractivity contribution in [1.29, 1.82) is 0 Å². The van der Waals surface area contributed by atoms with Gasteiger partial charge in [0.05, 0.1) is 6.42 Å². The molecule has 0 bridgehead atoms. The first-order chi connectivity index (χ1) is 8.51. The number of rotatable bonds is 5. The van der Waals surface area contributed by atoms with Crippen molar-refractivity contribution in [3.8, 4) is 0 Å². The number of carboxylic acid groups (broad SMARTS) is 1. The SMILES string of the molecule is CCC(CC(=O)O)NC(=O)NC1CCN(C)CC1. The van der Waals surface area contributed by atoms with Gasteiger partial charge in [0.1, 0.15) is 0 Å². The summed E-state index contributed by atoms with van der Waals surface area (Å²) < 4.78 is 0. The van der Waals surface area contributed by atoms with E-state index in [1.807, 2.05) is 6.92 Å². The average molecular weight is 257 g/mol. The number of hydrogen-bond acceptors (Lipinski definition) is 3. The van der Waals surface area contributed by atoms with Crippen molar-refractivity contribution in [2.45, 2.75) is 44.7 Å². The topological polar surface area (TPSA) is 81.7 Å². The third-order valence-corrected chi connectivity index (χ3v) is 3.30. The maximum absolute atomic E-state index is 11.7. The van der Waals surface area contributed by atoms with Crippen molar-refractivity contribution in [2.24, 2.45) is 0 Å². The Hall–Kier alpha value is -1.30. The van der Waals surface area contributed by atoms with Crippen molar-refractivity contribution >= 4 is 12.0 Å². The summed E-state index contributed by atoms with van der Waals surface area (Å²) in [4.78, 5) is 24.5. The number of aliphatic carboxylic acids is 1. The molecule has 2 amide bonds. The molecule has 0 aliphatic carbocycles. The van der Waals surface area contributed by atoms with E-state index in [0.29, 0.717) is 6.42 Å². The summed E-state index contributed by atoms with van der Waals surface area (Å²) in [6.45, 7) is 3.83. The van der Waals surface area contributed by atoms with E-state index in [0.717, 1.165) is 25.9 Å². The monoisotopic (exact) mass is 257 g/mol. The fourth-order valence-electron chi connectivity index (χ4n) is 2.07. The zero-order valence-electron chi connectivity index (χ0n) is 11.1. The smallest absolute Gasteiger partial charge is 0.315 e. The lowest BCUT2D eigenvalue weighted by atomic mass is 10.1. The van der Waals surface area contributed by atoms with Crippen LogP contribution < -0.4 is 10.6 Å². The highest BCUT2D eigenvalue weighted by Gasteiger charge is 2.20. The Morgan fingerprint density at radius 1 is 1.39 bits per heavy atom. The van der Waals surface area contributed by atoms with E-state index < -0.39 is 5.97 Å². The second-order valence-electron chi connectivity index (χ2n) is 4.90. The van der Waals surface area contributed by atoms with Crippen LogP contribution in [0, 0.1) is 0 Å². The minimum atomic E-state index is -0.888. The fourth-order valence-corrected chi connectivity index (χ4v) is 2.07. The molecule has 1 unspecified atom stereocenters. The molecule has 0 spiro atoms. The van der Waals surface area contributed by atoms with E-state index in [9.17, 15) is 9.59 Å². The molecule has 1 atom stereocenters. The Balaban J connectivity index is 2.29. The summed E-state index contributed by atoms with van der Waals surface area (Å²) in [6, 6.07) is -0.352. The summed E-state index contributed by atoms with van der Waals surface area (Å²) in [5.41, 5.74) is 0. The van der Waals surface area contributed by atoms with Gasteiger partial charge in [0.2, 0.25) is 0 Å². The Morgan fingerprint density at radius 3 is 2.50 bits per heavy atom. The molecule has 6 nitrogen and oxygen atoms in total. The Labute approximate surface area is 108 Å². The van der Waals surface area contributed by atoms with E-state index in [-0.39, 0.29) is 24.5 Å². The minimum absolute atomic E-state index is 0.0304. The summed E-state index contributed by atoms with van der Waals surface area (Å²) in [7, 11) is 2.07. The lowest BCUT2D eigenvalue weighted by Gasteiger charge is -2.30. The molecule has 0 aromatic heterocycles. The molecule has 0 saturated carbocycles. The van der Waals surface area contributed by atoms with Crippen molar-refractivity contribution in [3.63, 3.8) is 0 Å². The molecule has 1 fully saturated rings. The number of hydrogen-bond donors (Lipinski definition) is 3. The maximum atomic E-state index is 11.7. The number of nitrogens with zero attached hydrogens (tertiary/aromatic N) is 1. The average Bonchev–Trinajstić information content (AvgIpc) is 2.30. The number of likely N-dealkylation sites (tertiary alicyclic amines) is 1. The largest absolute Gasteiger partial charge is 0.481 e. The van der Waals surface area contributed by atoms with Crippen LogP contribution in [0.25, 0.3) is 0 Å². The summed E-state index contributed by atoms with van der Waals surface area (Å²) in [6.07, 6.45) is 2.48. The van der Waals surface area contributed by atoms with E-state index in [4.69, 9.17) is 5.11 Å². The molecular weight excluding hydrogens is 234 g/mol. The Bertz CT molecular complexity index is 288. The molecule has 6 heteroatoms. The van der Waals surface area contributed by atoms with Crippen LogP contribution in [0.4, 0.5) is 4.79 Å². The standard InChI is InChI=1S/C12H23N3O3/c1-3-9(8-11(16)17)13-12(18)14-10-4-6-15(2)7-5-10/h9-10H,3-8H2,1-2H3,(H,16,17)(H2,13,14,18). The first kappa shape index (κ1) is 14.8. The highest BCUT2D eigenvalue weighted by atomic mass is 16.4. The van der Waals surface area contributed by atoms with Crippen molar-refractivity contribution < 1.29 is 14.7 Å². The Kier molecular flexibility index (Phi) is 5.91. The lowest BCUT2D eigenvalue weighted by Crippen LogP contribution is -2.49. The van der Waals surface area contributed by atoms with Gasteiger partial charge in [-0.25, -0.2) is 4.79 Å². The quantitative estimate of drug-likeness (QED) is 0.675. The number of carbonyl (C=O) groups is 2. The van der Waals surface area contributed by atoms with E-state index in [1.54, 1.807) is 0 Å². The lowest BCUT2D eigenvalue weighted by molar-refractivity contribution is -0.137. The maximum Gasteiger partial charge on any atom is 0.315 e. The minimum Gasteiger partial charge on any atom is -0.481 e. The molecule has 18 heavy (non-hydrogen) atoms. The van der Waals surface area contributed by atoms with Crippen LogP contribution >= 0.6 is 0 Å². The highest BCUT2D eigenvalue weighted by molar-refractivity contribution is 5.76. The van der Waals surface area contributed by atoms with Crippen LogP contribution in [0.1, 0.15) is 32.6 Å². The van der Waals surface area contributed by atoms with Gasteiger partial charge in [-0.2, -0.15) is 0 Å². The van der Waals surface area contributed by atoms with Gasteiger partial charge < -0.3 is 20.6 Å². The number of carboxylic acids is 1. The molecular formula is C12H23N3O3. The number of nitrogens with one attached hydrogen (secondary N) is 2. The second kappa shape index (κ2) is 7.20. The molecule has 104 valence electrons. The summed E-state index contributed by atoms with van der Waals surface area (Å²) >= 11 is 0. The second-order valence-corrected chi connectivity index (χ2v) is 4.90. The summed E-state index contributed by atoms with van der Waals surface area (Å²) in [5, 5.41) is 14.3. The van der Waals surface area contributed by atoms with E-state index in [1.165, 1.54) is 0 Å². The molecule has 0 aromatic carbocycles. The van der Waals surface area contributed by atoms with Crippen LogP contribution in [0.5, 0.6) is 0 Å². The van der Waals surface area contributed by atoms with Gasteiger partial charge in [0, 0.05) is 12.1 Å². The van der Waals surface area contributed by atoms with Gasteiger partial charge in [-0.1, -0.05) is 6.92 Å². The first-order valence-electron chi connectivity index (χ1n) is 6.48. The number of amides is 2. The first-order valence-corrected chi connectivity index (χ1v) is 6.48. The van der Waals surface area contributed by atoms with Crippen LogP contribution in [0.2, 0.25) is 0 Å². The van der Waals surface area contributed by atoms with Gasteiger partial charge in [0.15, 0.2) is 0 Å². The predicted octanol–water partition coefficient (Wildman–Crippen LogP) is 0.633. The van der Waals surface area contributed by atoms with Crippen LogP contribution in [-0.2, 0) is 4.79 Å². The summed E-state index contributed by atoms with van der Waals surface area (Å²) in [5.74, 6) is -0.888. The van der Waals surface area contributed by atoms with Gasteiger partial charge in [0.25, 0.3) is 0 Å². The Morgan fingerprint density at radius 2 is 2.00 bits per heavy atom. The zero-order valence-corrected chi connectivity index (χ0v) is 11.1. The van der Waals surface area contributed by atoms with Crippen LogP contribution in [0.15, 0.2) is 0 Å². The molecule has 1 aliphatic heterocycles. The van der Waals surface area contributed by atoms with Crippen molar-refractivity contribution in [3.05, 3.63) is 0 Å². The van der Waals surface area contributed by atoms with E-state index >= 15 is 0 Å². The fraction of sp³-hybridized carbons (Fsp3) is 0.833.